The highest BCUT2D eigenvalue weighted by Gasteiger charge is 2.08. The monoisotopic (exact) mass is 497 g/mol. The summed E-state index contributed by atoms with van der Waals surface area (Å²) in [6, 6.07) is 18.9. The first-order valence-corrected chi connectivity index (χ1v) is 10.3. The number of nitro groups is 1. The van der Waals surface area contributed by atoms with Gasteiger partial charge in [-0.25, -0.2) is 5.43 Å². The number of benzene rings is 3. The summed E-state index contributed by atoms with van der Waals surface area (Å²) in [5, 5.41) is 14.7. The molecule has 0 bridgehead atoms. The van der Waals surface area contributed by atoms with Gasteiger partial charge in [-0.3, -0.25) is 14.9 Å². The number of rotatable bonds is 9. The lowest BCUT2D eigenvalue weighted by Crippen LogP contribution is -2.19. The van der Waals surface area contributed by atoms with Gasteiger partial charge >= 0.3 is 0 Å². The predicted molar refractivity (Wildman–Crippen MR) is 124 cm³/mol. The molecule has 0 fully saturated rings. The van der Waals surface area contributed by atoms with Gasteiger partial charge in [0.25, 0.3) is 5.69 Å². The average molecular weight is 498 g/mol. The van der Waals surface area contributed by atoms with E-state index in [1.54, 1.807) is 30.3 Å². The van der Waals surface area contributed by atoms with Crippen LogP contribution in [0.5, 0.6) is 11.5 Å². The summed E-state index contributed by atoms with van der Waals surface area (Å²) in [5.74, 6) is 0.790. The van der Waals surface area contributed by atoms with Gasteiger partial charge in [0, 0.05) is 16.6 Å². The molecule has 0 aliphatic carbocycles. The fraction of sp³-hybridized carbons (Fsp3) is 0.130. The third-order valence-electron chi connectivity index (χ3n) is 4.41. The molecule has 0 saturated heterocycles. The minimum atomic E-state index is -0.447. The van der Waals surface area contributed by atoms with Gasteiger partial charge in [-0.2, -0.15) is 5.10 Å². The maximum absolute atomic E-state index is 12.0. The smallest absolute Gasteiger partial charge is 0.269 e. The minimum Gasteiger partial charge on any atom is -0.493 e. The summed E-state index contributed by atoms with van der Waals surface area (Å²) < 4.78 is 12.1. The standard InChI is InChI=1S/C23H20BrN3O5/c1-31-22-12-18(14-25-26-23(28)13-16-2-7-19(24)8-3-16)6-11-21(22)32-15-17-4-9-20(10-5-17)27(29)30/h2-12,14H,13,15H2,1H3,(H,26,28)/b25-14+. The Bertz CT molecular complexity index is 1120. The Kier molecular flexibility index (Phi) is 7.93. The van der Waals surface area contributed by atoms with Crippen LogP contribution in [0.25, 0.3) is 0 Å². The molecular formula is C23H20BrN3O5. The molecule has 1 N–H and O–H groups in total. The molecule has 0 heterocycles. The zero-order chi connectivity index (χ0) is 22.9. The number of halogens is 1. The molecular weight excluding hydrogens is 478 g/mol. The summed E-state index contributed by atoms with van der Waals surface area (Å²) in [6.45, 7) is 0.230. The highest BCUT2D eigenvalue weighted by atomic mass is 79.9. The quantitative estimate of drug-likeness (QED) is 0.263. The van der Waals surface area contributed by atoms with Crippen LogP contribution in [0, 0.1) is 10.1 Å². The molecule has 32 heavy (non-hydrogen) atoms. The molecule has 0 spiro atoms. The van der Waals surface area contributed by atoms with E-state index in [-0.39, 0.29) is 24.6 Å². The number of carbonyl (C=O) groups is 1. The van der Waals surface area contributed by atoms with E-state index in [0.29, 0.717) is 17.1 Å². The Hall–Kier alpha value is -3.72. The number of carbonyl (C=O) groups excluding carboxylic acids is 1. The lowest BCUT2D eigenvalue weighted by molar-refractivity contribution is -0.384. The Labute approximate surface area is 193 Å². The van der Waals surface area contributed by atoms with Gasteiger partial charge in [0.2, 0.25) is 5.91 Å². The second-order valence-corrected chi connectivity index (χ2v) is 7.63. The number of hydrogen-bond acceptors (Lipinski definition) is 6. The van der Waals surface area contributed by atoms with E-state index in [9.17, 15) is 14.9 Å². The van der Waals surface area contributed by atoms with Crippen molar-refractivity contribution in [3.63, 3.8) is 0 Å². The fourth-order valence-electron chi connectivity index (χ4n) is 2.76. The van der Waals surface area contributed by atoms with E-state index < -0.39 is 4.92 Å². The molecule has 1 amide bonds. The van der Waals surface area contributed by atoms with E-state index in [1.165, 1.54) is 25.5 Å². The number of nitrogens with one attached hydrogen (secondary N) is 1. The molecule has 9 heteroatoms. The minimum absolute atomic E-state index is 0.0268. The summed E-state index contributed by atoms with van der Waals surface area (Å²) in [5.41, 5.74) is 4.92. The Morgan fingerprint density at radius 2 is 1.75 bits per heavy atom. The molecule has 3 rings (SSSR count). The molecule has 164 valence electrons. The Balaban J connectivity index is 1.56. The predicted octanol–water partition coefficient (Wildman–Crippen LogP) is 4.64. The van der Waals surface area contributed by atoms with Crippen LogP contribution in [-0.4, -0.2) is 24.2 Å². The van der Waals surface area contributed by atoms with Gasteiger partial charge in [0.1, 0.15) is 6.61 Å². The van der Waals surface area contributed by atoms with Gasteiger partial charge in [-0.05, 0) is 59.2 Å². The first kappa shape index (κ1) is 23.0. The zero-order valence-corrected chi connectivity index (χ0v) is 18.7. The van der Waals surface area contributed by atoms with Gasteiger partial charge in [0.05, 0.1) is 24.7 Å². The number of nitrogens with zero attached hydrogens (tertiary/aromatic N) is 2. The van der Waals surface area contributed by atoms with Crippen molar-refractivity contribution in [2.45, 2.75) is 13.0 Å². The molecule has 0 unspecified atom stereocenters. The zero-order valence-electron chi connectivity index (χ0n) is 17.2. The van der Waals surface area contributed by atoms with Crippen LogP contribution in [0.15, 0.2) is 76.3 Å². The van der Waals surface area contributed by atoms with Gasteiger partial charge in [0.15, 0.2) is 11.5 Å². The normalized spacial score (nSPS) is 10.7. The number of amides is 1. The van der Waals surface area contributed by atoms with Crippen molar-refractivity contribution in [2.75, 3.05) is 7.11 Å². The van der Waals surface area contributed by atoms with Crippen molar-refractivity contribution < 1.29 is 19.2 Å². The Morgan fingerprint density at radius 3 is 2.41 bits per heavy atom. The summed E-state index contributed by atoms with van der Waals surface area (Å²) in [7, 11) is 1.52. The molecule has 3 aromatic rings. The molecule has 8 nitrogen and oxygen atoms in total. The van der Waals surface area contributed by atoms with Crippen molar-refractivity contribution in [3.05, 3.63) is 98.0 Å². The summed E-state index contributed by atoms with van der Waals surface area (Å²) >= 11 is 3.36. The molecule has 0 aromatic heterocycles. The third-order valence-corrected chi connectivity index (χ3v) is 4.94. The van der Waals surface area contributed by atoms with E-state index in [0.717, 1.165) is 15.6 Å². The number of hydrogen-bond donors (Lipinski definition) is 1. The van der Waals surface area contributed by atoms with Crippen molar-refractivity contribution in [3.8, 4) is 11.5 Å². The van der Waals surface area contributed by atoms with Crippen molar-refractivity contribution in [1.29, 1.82) is 0 Å². The van der Waals surface area contributed by atoms with Crippen LogP contribution in [-0.2, 0) is 17.8 Å². The van der Waals surface area contributed by atoms with Gasteiger partial charge in [-0.1, -0.05) is 28.1 Å². The molecule has 0 atom stereocenters. The van der Waals surface area contributed by atoms with E-state index in [4.69, 9.17) is 9.47 Å². The van der Waals surface area contributed by atoms with Crippen molar-refractivity contribution in [1.82, 2.24) is 5.43 Å². The molecule has 3 aromatic carbocycles. The molecule has 0 radical (unpaired) electrons. The number of nitro benzene ring substituents is 1. The van der Waals surface area contributed by atoms with Crippen LogP contribution in [0.1, 0.15) is 16.7 Å². The first-order chi connectivity index (χ1) is 15.4. The van der Waals surface area contributed by atoms with Crippen LogP contribution >= 0.6 is 15.9 Å². The maximum atomic E-state index is 12.0. The number of non-ortho nitro benzene ring substituents is 1. The first-order valence-electron chi connectivity index (χ1n) is 9.55. The highest BCUT2D eigenvalue weighted by molar-refractivity contribution is 9.10. The highest BCUT2D eigenvalue weighted by Crippen LogP contribution is 2.28. The molecule has 0 aliphatic heterocycles. The molecule has 0 aliphatic rings. The maximum Gasteiger partial charge on any atom is 0.269 e. The second-order valence-electron chi connectivity index (χ2n) is 6.72. The number of ether oxygens (including phenoxy) is 2. The van der Waals surface area contributed by atoms with Crippen LogP contribution in [0.3, 0.4) is 0 Å². The Morgan fingerprint density at radius 1 is 1.06 bits per heavy atom. The van der Waals surface area contributed by atoms with Crippen LogP contribution in [0.4, 0.5) is 5.69 Å². The number of methoxy groups -OCH3 is 1. The lowest BCUT2D eigenvalue weighted by atomic mass is 10.1. The number of hydrazone groups is 1. The molecule has 0 saturated carbocycles. The van der Waals surface area contributed by atoms with Crippen LogP contribution < -0.4 is 14.9 Å². The summed E-state index contributed by atoms with van der Waals surface area (Å²) in [6.07, 6.45) is 1.74. The average Bonchev–Trinajstić information content (AvgIpc) is 2.79. The SMILES string of the molecule is COc1cc(/C=N/NC(=O)Cc2ccc(Br)cc2)ccc1OCc1ccc([N+](=O)[O-])cc1. The van der Waals surface area contributed by atoms with E-state index in [1.807, 2.05) is 24.3 Å². The van der Waals surface area contributed by atoms with Gasteiger partial charge in [-0.15, -0.1) is 0 Å². The largest absolute Gasteiger partial charge is 0.493 e. The second kappa shape index (κ2) is 11.1. The topological polar surface area (TPSA) is 103 Å². The van der Waals surface area contributed by atoms with Crippen molar-refractivity contribution >= 4 is 33.7 Å². The van der Waals surface area contributed by atoms with E-state index >= 15 is 0 Å². The van der Waals surface area contributed by atoms with E-state index in [2.05, 4.69) is 26.5 Å². The van der Waals surface area contributed by atoms with Gasteiger partial charge < -0.3 is 9.47 Å². The van der Waals surface area contributed by atoms with Crippen molar-refractivity contribution in [2.24, 2.45) is 5.10 Å². The third kappa shape index (κ3) is 6.64. The van der Waals surface area contributed by atoms with Crippen LogP contribution in [0.2, 0.25) is 0 Å². The fourth-order valence-corrected chi connectivity index (χ4v) is 3.03. The lowest BCUT2D eigenvalue weighted by Gasteiger charge is -2.11. The summed E-state index contributed by atoms with van der Waals surface area (Å²) in [4.78, 5) is 22.3.